The Balaban J connectivity index is 1.50. The van der Waals surface area contributed by atoms with Gasteiger partial charge in [0.1, 0.15) is 11.5 Å². The highest BCUT2D eigenvalue weighted by atomic mass is 32.2. The molecular weight excluding hydrogens is 805 g/mol. The molecule has 3 atom stereocenters. The fraction of sp³-hybridized carbons (Fsp3) is 0.571. The van der Waals surface area contributed by atoms with Crippen molar-refractivity contribution in [3.8, 4) is 0 Å². The van der Waals surface area contributed by atoms with Crippen LogP contribution in [0.5, 0.6) is 0 Å². The molecule has 2 aliphatic carbocycles. The molecule has 2 aromatic rings. The normalized spacial score (nSPS) is 17.2. The van der Waals surface area contributed by atoms with Gasteiger partial charge in [-0.3, -0.25) is 28.9 Å². The molecule has 330 valence electrons. The number of amides is 1. The average Bonchev–Trinajstić information content (AvgIpc) is 3.63. The van der Waals surface area contributed by atoms with Crippen molar-refractivity contribution in [1.29, 1.82) is 0 Å². The molecule has 0 aromatic heterocycles. The first kappa shape index (κ1) is 48.4. The molecule has 3 unspecified atom stereocenters. The van der Waals surface area contributed by atoms with E-state index in [-0.39, 0.29) is 72.4 Å². The highest BCUT2D eigenvalue weighted by molar-refractivity contribution is 7.91. The van der Waals surface area contributed by atoms with Gasteiger partial charge in [0.25, 0.3) is 0 Å². The van der Waals surface area contributed by atoms with Gasteiger partial charge in [0, 0.05) is 44.0 Å². The first-order valence-electron chi connectivity index (χ1n) is 19.5. The van der Waals surface area contributed by atoms with E-state index in [9.17, 15) is 42.3 Å². The summed E-state index contributed by atoms with van der Waals surface area (Å²) in [7, 11) is -1.34. The average molecular weight is 861 g/mol. The van der Waals surface area contributed by atoms with E-state index in [0.29, 0.717) is 18.8 Å². The number of ether oxygens (including phenoxy) is 6. The van der Waals surface area contributed by atoms with Crippen molar-refractivity contribution >= 4 is 44.8 Å². The number of hydrogen-bond donors (Lipinski definition) is 1. The van der Waals surface area contributed by atoms with Gasteiger partial charge in [-0.15, -0.1) is 0 Å². The SMILES string of the molecule is COCCOCCN(CC(=O)C1Cc2cc(S(=O)(=O)c3ccc4c(c3)C(=O)C(C(=O)CN(CCOCCOC)C(O)OC(C)(C)C)C4=O)ccc2C1=O)C(=O)OC(C)(C)C. The van der Waals surface area contributed by atoms with Gasteiger partial charge in [0.2, 0.25) is 16.3 Å². The molecular formula is C42H56N2O15S. The van der Waals surface area contributed by atoms with Crippen LogP contribution in [0, 0.1) is 11.8 Å². The Morgan fingerprint density at radius 1 is 0.717 bits per heavy atom. The summed E-state index contributed by atoms with van der Waals surface area (Å²) in [6, 6.07) is 7.21. The second kappa shape index (κ2) is 20.5. The fourth-order valence-corrected chi connectivity index (χ4v) is 7.87. The van der Waals surface area contributed by atoms with Gasteiger partial charge in [-0.1, -0.05) is 0 Å². The van der Waals surface area contributed by atoms with Crippen LogP contribution in [-0.4, -0.2) is 156 Å². The number of carbonyl (C=O) groups is 6. The van der Waals surface area contributed by atoms with Crippen LogP contribution in [0.25, 0.3) is 0 Å². The van der Waals surface area contributed by atoms with Gasteiger partial charge in [0.15, 0.2) is 28.9 Å². The lowest BCUT2D eigenvalue weighted by atomic mass is 9.98. The molecule has 4 rings (SSSR count). The zero-order valence-corrected chi connectivity index (χ0v) is 36.3. The smallest absolute Gasteiger partial charge is 0.410 e. The predicted molar refractivity (Wildman–Crippen MR) is 214 cm³/mol. The van der Waals surface area contributed by atoms with E-state index in [2.05, 4.69) is 0 Å². The Morgan fingerprint density at radius 3 is 1.87 bits per heavy atom. The predicted octanol–water partition coefficient (Wildman–Crippen LogP) is 2.96. The molecule has 18 heteroatoms. The zero-order chi connectivity index (χ0) is 44.6. The van der Waals surface area contributed by atoms with Gasteiger partial charge >= 0.3 is 6.09 Å². The van der Waals surface area contributed by atoms with E-state index in [1.165, 1.54) is 43.4 Å². The number of methoxy groups -OCH3 is 2. The minimum absolute atomic E-state index is 0.00348. The molecule has 0 bridgehead atoms. The molecule has 1 N–H and O–H groups in total. The van der Waals surface area contributed by atoms with E-state index >= 15 is 0 Å². The third-order valence-electron chi connectivity index (χ3n) is 9.48. The second-order valence-electron chi connectivity index (χ2n) is 16.4. The number of sulfone groups is 1. The summed E-state index contributed by atoms with van der Waals surface area (Å²) in [6.07, 6.45) is -2.46. The molecule has 0 saturated carbocycles. The molecule has 1 amide bonds. The summed E-state index contributed by atoms with van der Waals surface area (Å²) in [4.78, 5) is 82.5. The Hall–Kier alpha value is -4.27. The third-order valence-corrected chi connectivity index (χ3v) is 11.2. The van der Waals surface area contributed by atoms with Crippen LogP contribution in [0.15, 0.2) is 46.2 Å². The molecule has 2 aliphatic rings. The van der Waals surface area contributed by atoms with Crippen LogP contribution < -0.4 is 0 Å². The Bertz CT molecular complexity index is 2040. The van der Waals surface area contributed by atoms with Crippen molar-refractivity contribution < 1.29 is 70.7 Å². The highest BCUT2D eigenvalue weighted by Gasteiger charge is 2.45. The topological polar surface area (TPSA) is 219 Å². The van der Waals surface area contributed by atoms with E-state index in [4.69, 9.17) is 28.4 Å². The van der Waals surface area contributed by atoms with Crippen molar-refractivity contribution in [1.82, 2.24) is 9.80 Å². The third kappa shape index (κ3) is 12.4. The molecule has 0 spiro atoms. The molecule has 0 fully saturated rings. The van der Waals surface area contributed by atoms with Crippen LogP contribution in [-0.2, 0) is 54.3 Å². The summed E-state index contributed by atoms with van der Waals surface area (Å²) in [6.45, 7) is 10.5. The van der Waals surface area contributed by atoms with Crippen molar-refractivity contribution in [2.24, 2.45) is 11.8 Å². The number of rotatable bonds is 22. The first-order chi connectivity index (χ1) is 28.1. The highest BCUT2D eigenvalue weighted by Crippen LogP contribution is 2.35. The summed E-state index contributed by atoms with van der Waals surface area (Å²) >= 11 is 0. The number of benzene rings is 2. The van der Waals surface area contributed by atoms with Gasteiger partial charge in [-0.2, -0.15) is 0 Å². The summed E-state index contributed by atoms with van der Waals surface area (Å²) in [5.74, 6) is -6.56. The quantitative estimate of drug-likeness (QED) is 0.102. The molecule has 60 heavy (non-hydrogen) atoms. The van der Waals surface area contributed by atoms with Crippen LogP contribution in [0.3, 0.4) is 0 Å². The Kier molecular flexibility index (Phi) is 16.6. The van der Waals surface area contributed by atoms with Crippen LogP contribution in [0.1, 0.15) is 78.2 Å². The van der Waals surface area contributed by atoms with Crippen molar-refractivity contribution in [3.05, 3.63) is 58.7 Å². The van der Waals surface area contributed by atoms with Crippen molar-refractivity contribution in [2.75, 3.05) is 80.0 Å². The molecule has 0 aliphatic heterocycles. The Labute approximate surface area is 350 Å². The number of carbonyl (C=O) groups excluding carboxylic acids is 6. The molecule has 17 nitrogen and oxygen atoms in total. The number of fused-ring (bicyclic) bond motifs is 2. The maximum Gasteiger partial charge on any atom is 0.410 e. The van der Waals surface area contributed by atoms with Crippen LogP contribution >= 0.6 is 0 Å². The largest absolute Gasteiger partial charge is 0.444 e. The maximum absolute atomic E-state index is 14.0. The standard InChI is InChI=1S/C42H56N2O15S/c1-41(2,3)58-39(50)43(13-15-56-19-17-54-7)24-33(45)32-22-26-21-27(9-11-29(26)36(32)47)60(52,53)28-10-12-30-31(23-28)38(49)35(37(30)48)34(46)25-44(14-16-57-20-18-55-8)40(51)59-42(4,5)6/h9-12,21,23,32,35,40,51H,13-20,22,24-25H2,1-8H3. The van der Waals surface area contributed by atoms with Crippen LogP contribution in [0.4, 0.5) is 4.79 Å². The van der Waals surface area contributed by atoms with Gasteiger partial charge < -0.3 is 33.5 Å². The summed E-state index contributed by atoms with van der Waals surface area (Å²) < 4.78 is 59.9. The minimum atomic E-state index is -4.36. The number of Topliss-reactive ketones (excluding diaryl/α,β-unsaturated/α-hetero) is 5. The molecule has 0 radical (unpaired) electrons. The lowest BCUT2D eigenvalue weighted by Crippen LogP contribution is -2.47. The molecule has 0 heterocycles. The maximum atomic E-state index is 14.0. The summed E-state index contributed by atoms with van der Waals surface area (Å²) in [5, 5.41) is 10.8. The lowest BCUT2D eigenvalue weighted by molar-refractivity contribution is -0.240. The van der Waals surface area contributed by atoms with Crippen molar-refractivity contribution in [3.63, 3.8) is 0 Å². The number of aliphatic hydroxyl groups excluding tert-OH is 1. The van der Waals surface area contributed by atoms with E-state index in [0.717, 1.165) is 17.0 Å². The number of nitrogens with zero attached hydrogens (tertiary/aromatic N) is 2. The Morgan fingerprint density at radius 2 is 1.28 bits per heavy atom. The number of hydrogen-bond acceptors (Lipinski definition) is 16. The van der Waals surface area contributed by atoms with Gasteiger partial charge in [0.05, 0.1) is 74.0 Å². The number of aliphatic hydroxyl groups is 1. The molecule has 0 saturated heterocycles. The first-order valence-corrected chi connectivity index (χ1v) is 21.0. The fourth-order valence-electron chi connectivity index (χ4n) is 6.53. The lowest BCUT2D eigenvalue weighted by Gasteiger charge is -2.32. The molecule has 2 aromatic carbocycles. The van der Waals surface area contributed by atoms with Gasteiger partial charge in [-0.25, -0.2) is 18.1 Å². The minimum Gasteiger partial charge on any atom is -0.444 e. The second-order valence-corrected chi connectivity index (χ2v) is 18.3. The zero-order valence-electron chi connectivity index (χ0n) is 35.4. The van der Waals surface area contributed by atoms with E-state index < -0.39 is 87.4 Å². The summed E-state index contributed by atoms with van der Waals surface area (Å²) in [5.41, 5.74) is -1.58. The van der Waals surface area contributed by atoms with Gasteiger partial charge in [-0.05, 0) is 89.9 Å². The number of ketones is 5. The monoisotopic (exact) mass is 860 g/mol. The van der Waals surface area contributed by atoms with E-state index in [1.807, 2.05) is 0 Å². The van der Waals surface area contributed by atoms with Crippen LogP contribution in [0.2, 0.25) is 0 Å². The van der Waals surface area contributed by atoms with E-state index in [1.54, 1.807) is 41.5 Å². The van der Waals surface area contributed by atoms with Crippen molar-refractivity contribution in [2.45, 2.75) is 75.4 Å².